The fourth-order valence-electron chi connectivity index (χ4n) is 5.06. The lowest BCUT2D eigenvalue weighted by Crippen LogP contribution is -2.52. The molecule has 0 radical (unpaired) electrons. The van der Waals surface area contributed by atoms with Crippen molar-refractivity contribution in [2.45, 2.75) is 50.1 Å². The van der Waals surface area contributed by atoms with Crippen LogP contribution in [-0.2, 0) is 23.8 Å². The van der Waals surface area contributed by atoms with E-state index in [4.69, 9.17) is 25.8 Å². The Bertz CT molecular complexity index is 671. The number of carbonyl (C=O) groups is 2. The van der Waals surface area contributed by atoms with E-state index in [9.17, 15) is 14.7 Å². The maximum atomic E-state index is 12.1. The molecule has 0 unspecified atom stereocenters. The highest BCUT2D eigenvalue weighted by Gasteiger charge is 2.33. The minimum atomic E-state index is -0.480. The fourth-order valence-corrected chi connectivity index (χ4v) is 5.16. The van der Waals surface area contributed by atoms with Gasteiger partial charge in [0.2, 0.25) is 0 Å². The predicted molar refractivity (Wildman–Crippen MR) is 130 cm³/mol. The number of nitrogens with zero attached hydrogens (tertiary/aromatic N) is 4. The molecule has 200 valence electrons. The van der Waals surface area contributed by atoms with E-state index in [1.165, 1.54) is 0 Å². The molecule has 0 bridgehead atoms. The molecule has 11 heteroatoms. The molecule has 0 spiro atoms. The van der Waals surface area contributed by atoms with Gasteiger partial charge in [0, 0.05) is 84.5 Å². The number of hydrogen-bond donors (Lipinski definition) is 1. The van der Waals surface area contributed by atoms with Gasteiger partial charge in [-0.1, -0.05) is 0 Å². The highest BCUT2D eigenvalue weighted by atomic mass is 35.5. The Hall–Kier alpha value is -1.01. The van der Waals surface area contributed by atoms with Crippen molar-refractivity contribution in [1.82, 2.24) is 19.6 Å². The second kappa shape index (κ2) is 13.5. The molecular weight excluding hydrogens is 476 g/mol. The van der Waals surface area contributed by atoms with Crippen molar-refractivity contribution in [1.29, 1.82) is 0 Å². The van der Waals surface area contributed by atoms with Gasteiger partial charge in [0.1, 0.15) is 12.2 Å². The first kappa shape index (κ1) is 27.0. The Morgan fingerprint density at radius 1 is 0.800 bits per heavy atom. The summed E-state index contributed by atoms with van der Waals surface area (Å²) < 4.78 is 16.1. The Labute approximate surface area is 213 Å². The molecule has 0 aromatic carbocycles. The van der Waals surface area contributed by atoms with Gasteiger partial charge in [-0.3, -0.25) is 19.4 Å². The zero-order chi connectivity index (χ0) is 24.6. The summed E-state index contributed by atoms with van der Waals surface area (Å²) in [5.41, 5.74) is 0. The number of ether oxygens (including phenoxy) is 3. The quantitative estimate of drug-likeness (QED) is 0.361. The first-order valence-electron chi connectivity index (χ1n) is 13.1. The molecule has 0 aromatic heterocycles. The van der Waals surface area contributed by atoms with E-state index < -0.39 is 6.10 Å². The fraction of sp³-hybridized carbons (Fsp3) is 0.917. The van der Waals surface area contributed by atoms with Crippen molar-refractivity contribution in [2.24, 2.45) is 0 Å². The van der Waals surface area contributed by atoms with Gasteiger partial charge in [0.05, 0.1) is 18.8 Å². The van der Waals surface area contributed by atoms with E-state index in [2.05, 4.69) is 9.80 Å². The monoisotopic (exact) mass is 516 g/mol. The number of hydrogen-bond acceptors (Lipinski definition) is 8. The van der Waals surface area contributed by atoms with Crippen LogP contribution in [0, 0.1) is 0 Å². The second-order valence-corrected chi connectivity index (χ2v) is 10.3. The van der Waals surface area contributed by atoms with Crippen molar-refractivity contribution in [2.75, 3.05) is 91.1 Å². The molecule has 5 saturated heterocycles. The van der Waals surface area contributed by atoms with Gasteiger partial charge in [-0.2, -0.15) is 0 Å². The summed E-state index contributed by atoms with van der Waals surface area (Å²) in [7, 11) is 0. The lowest BCUT2D eigenvalue weighted by atomic mass is 10.2. The van der Waals surface area contributed by atoms with Crippen molar-refractivity contribution in [3.05, 3.63) is 0 Å². The summed E-state index contributed by atoms with van der Waals surface area (Å²) in [6.07, 6.45) is 3.35. The van der Waals surface area contributed by atoms with Crippen LogP contribution in [0.4, 0.5) is 0 Å². The van der Waals surface area contributed by atoms with Crippen LogP contribution in [0.3, 0.4) is 0 Å². The van der Waals surface area contributed by atoms with Gasteiger partial charge in [0.15, 0.2) is 0 Å². The molecule has 0 saturated carbocycles. The average Bonchev–Trinajstić information content (AvgIpc) is 3.31. The molecule has 0 aromatic rings. The summed E-state index contributed by atoms with van der Waals surface area (Å²) in [6.45, 7) is 10.6. The van der Waals surface area contributed by atoms with E-state index in [1.54, 1.807) is 0 Å². The number of piperazine rings is 2. The van der Waals surface area contributed by atoms with E-state index in [0.29, 0.717) is 32.3 Å². The van der Waals surface area contributed by atoms with Crippen LogP contribution in [0.25, 0.3) is 0 Å². The summed E-state index contributed by atoms with van der Waals surface area (Å²) in [5, 5.41) is 9.48. The number of aliphatic hydroxyl groups is 1. The number of β-amino-alcohol motifs (C(OH)–C–C–N with tert-alkyl or cyclic N) is 1. The van der Waals surface area contributed by atoms with E-state index in [0.717, 1.165) is 84.7 Å². The van der Waals surface area contributed by atoms with Gasteiger partial charge in [-0.15, -0.1) is 11.6 Å². The number of alkyl halides is 1. The van der Waals surface area contributed by atoms with Gasteiger partial charge in [-0.25, -0.2) is 0 Å². The second-order valence-electron chi connectivity index (χ2n) is 10.0. The number of epoxide rings is 1. The summed E-state index contributed by atoms with van der Waals surface area (Å²) in [4.78, 5) is 32.6. The lowest BCUT2D eigenvalue weighted by Gasteiger charge is -2.36. The first-order valence-corrected chi connectivity index (χ1v) is 13.7. The molecule has 4 atom stereocenters. The maximum Gasteiger partial charge on any atom is 0.251 e. The van der Waals surface area contributed by atoms with Gasteiger partial charge in [-0.05, 0) is 25.7 Å². The third kappa shape index (κ3) is 8.24. The molecule has 2 amide bonds. The molecule has 1 N–H and O–H groups in total. The van der Waals surface area contributed by atoms with E-state index >= 15 is 0 Å². The molecule has 5 rings (SSSR count). The summed E-state index contributed by atoms with van der Waals surface area (Å²) in [5.74, 6) is 0.588. The molecule has 5 aliphatic rings. The smallest absolute Gasteiger partial charge is 0.251 e. The minimum absolute atomic E-state index is 0.130. The largest absolute Gasteiger partial charge is 0.391 e. The van der Waals surface area contributed by atoms with Crippen molar-refractivity contribution in [3.8, 4) is 0 Å². The number of amides is 2. The molecule has 5 fully saturated rings. The Morgan fingerprint density at radius 2 is 1.29 bits per heavy atom. The minimum Gasteiger partial charge on any atom is -0.391 e. The zero-order valence-electron chi connectivity index (χ0n) is 20.7. The topological polar surface area (TPSA) is 98.3 Å². The molecular formula is C24H41ClN4O6. The highest BCUT2D eigenvalue weighted by molar-refractivity contribution is 6.18. The summed E-state index contributed by atoms with van der Waals surface area (Å²) >= 11 is 5.58. The van der Waals surface area contributed by atoms with Crippen LogP contribution in [0.2, 0.25) is 0 Å². The van der Waals surface area contributed by atoms with Crippen molar-refractivity contribution < 1.29 is 28.9 Å². The van der Waals surface area contributed by atoms with Crippen LogP contribution >= 0.6 is 11.6 Å². The molecule has 5 aliphatic heterocycles. The first-order chi connectivity index (χ1) is 17.0. The van der Waals surface area contributed by atoms with E-state index in [-0.39, 0.29) is 29.9 Å². The Balaban J connectivity index is 0.000000165. The Morgan fingerprint density at radius 3 is 1.69 bits per heavy atom. The number of halogens is 1. The van der Waals surface area contributed by atoms with Crippen LogP contribution < -0.4 is 0 Å². The van der Waals surface area contributed by atoms with Crippen molar-refractivity contribution >= 4 is 23.4 Å². The molecule has 5 heterocycles. The summed E-state index contributed by atoms with van der Waals surface area (Å²) in [6, 6.07) is 0. The highest BCUT2D eigenvalue weighted by Crippen LogP contribution is 2.18. The molecule has 0 aliphatic carbocycles. The Kier molecular flexibility index (Phi) is 10.4. The van der Waals surface area contributed by atoms with Crippen LogP contribution in [-0.4, -0.2) is 152 Å². The third-order valence-corrected chi connectivity index (χ3v) is 7.65. The number of carbonyl (C=O) groups excluding carboxylic acids is 2. The van der Waals surface area contributed by atoms with Crippen LogP contribution in [0.1, 0.15) is 25.7 Å². The van der Waals surface area contributed by atoms with Crippen LogP contribution in [0.5, 0.6) is 0 Å². The standard InChI is InChI=1S/C12H21ClN2O3.C12H20N2O3/c13-8-10(16)9-14-3-5-15(6-4-14)12(17)11-2-1-7-18-11;15-12(11-2-1-7-16-11)14-5-3-13(4-6-14)8-10-9-17-10/h10-11,16H,1-9H2;10-11H,1-9H2/t10-,11-;10-,11+/m10/s1. The van der Waals surface area contributed by atoms with Crippen molar-refractivity contribution in [3.63, 3.8) is 0 Å². The SMILES string of the molecule is O=C([C@H]1CCCO1)N1CCN(C[C@H](O)CCl)CC1.O=C([C@H]1CCCO1)N1CCN(C[C@H]2CO2)CC1. The van der Waals surface area contributed by atoms with Crippen LogP contribution in [0.15, 0.2) is 0 Å². The molecule has 10 nitrogen and oxygen atoms in total. The van der Waals surface area contributed by atoms with Gasteiger partial charge in [0.25, 0.3) is 11.8 Å². The zero-order valence-corrected chi connectivity index (χ0v) is 21.4. The van der Waals surface area contributed by atoms with E-state index in [1.807, 2.05) is 9.80 Å². The third-order valence-electron chi connectivity index (χ3n) is 7.29. The predicted octanol–water partition coefficient (Wildman–Crippen LogP) is -0.382. The number of aliphatic hydroxyl groups excluding tert-OH is 1. The average molecular weight is 517 g/mol. The molecule has 35 heavy (non-hydrogen) atoms. The number of rotatable bonds is 7. The lowest BCUT2D eigenvalue weighted by molar-refractivity contribution is -0.143. The van der Waals surface area contributed by atoms with Gasteiger partial charge < -0.3 is 29.1 Å². The maximum absolute atomic E-state index is 12.1. The van der Waals surface area contributed by atoms with Gasteiger partial charge >= 0.3 is 0 Å². The normalized spacial score (nSPS) is 30.6.